The highest BCUT2D eigenvalue weighted by molar-refractivity contribution is 6.30. The van der Waals surface area contributed by atoms with Crippen molar-refractivity contribution in [3.8, 4) is 5.75 Å². The molecule has 5 nitrogen and oxygen atoms in total. The molecular formula is C27H28ClN3O2. The zero-order valence-electron chi connectivity index (χ0n) is 18.7. The van der Waals surface area contributed by atoms with E-state index in [1.807, 2.05) is 36.4 Å². The molecule has 0 spiro atoms. The van der Waals surface area contributed by atoms with Crippen LogP contribution in [0.4, 0.5) is 11.4 Å². The summed E-state index contributed by atoms with van der Waals surface area (Å²) in [5.41, 5.74) is 4.24. The van der Waals surface area contributed by atoms with E-state index in [1.165, 1.54) is 11.1 Å². The SMILES string of the molecule is [C-]#[N+]c1ccc(CN2C[C@@H](c3ccc(Cl)cc3)N(c3ccc(OCCO)cc3)C[C@H]2C)cc1. The number of anilines is 1. The summed E-state index contributed by atoms with van der Waals surface area (Å²) >= 11 is 6.17. The monoisotopic (exact) mass is 461 g/mol. The van der Waals surface area contributed by atoms with Gasteiger partial charge in [-0.15, -0.1) is 0 Å². The maximum atomic E-state index is 8.99. The third kappa shape index (κ3) is 5.66. The van der Waals surface area contributed by atoms with E-state index in [1.54, 1.807) is 0 Å². The van der Waals surface area contributed by atoms with Crippen LogP contribution in [0.1, 0.15) is 24.1 Å². The molecule has 170 valence electrons. The van der Waals surface area contributed by atoms with Gasteiger partial charge in [0.1, 0.15) is 12.4 Å². The van der Waals surface area contributed by atoms with Crippen LogP contribution in [0, 0.1) is 6.57 Å². The predicted molar refractivity (Wildman–Crippen MR) is 133 cm³/mol. The van der Waals surface area contributed by atoms with Crippen LogP contribution in [0.5, 0.6) is 5.75 Å². The Bertz CT molecular complexity index is 1080. The van der Waals surface area contributed by atoms with Gasteiger partial charge in [0.15, 0.2) is 5.69 Å². The number of ether oxygens (including phenoxy) is 1. The maximum Gasteiger partial charge on any atom is 0.187 e. The molecule has 0 aromatic heterocycles. The number of aliphatic hydroxyl groups excluding tert-OH is 1. The Morgan fingerprint density at radius 3 is 2.33 bits per heavy atom. The molecular weight excluding hydrogens is 434 g/mol. The van der Waals surface area contributed by atoms with Crippen LogP contribution >= 0.6 is 11.6 Å². The molecule has 33 heavy (non-hydrogen) atoms. The Balaban J connectivity index is 1.58. The molecule has 1 saturated heterocycles. The molecule has 0 amide bonds. The van der Waals surface area contributed by atoms with Crippen LogP contribution < -0.4 is 9.64 Å². The highest BCUT2D eigenvalue weighted by Crippen LogP contribution is 2.34. The van der Waals surface area contributed by atoms with Crippen LogP contribution in [-0.4, -0.2) is 42.4 Å². The minimum atomic E-state index is 0.000469. The highest BCUT2D eigenvalue weighted by atomic mass is 35.5. The first-order valence-corrected chi connectivity index (χ1v) is 11.5. The topological polar surface area (TPSA) is 40.3 Å². The highest BCUT2D eigenvalue weighted by Gasteiger charge is 2.32. The van der Waals surface area contributed by atoms with Crippen LogP contribution in [0.3, 0.4) is 0 Å². The molecule has 0 saturated carbocycles. The molecule has 1 N–H and O–H groups in total. The number of hydrogen-bond donors (Lipinski definition) is 1. The van der Waals surface area contributed by atoms with Crippen molar-refractivity contribution in [1.82, 2.24) is 4.90 Å². The van der Waals surface area contributed by atoms with Crippen molar-refractivity contribution in [2.75, 3.05) is 31.2 Å². The summed E-state index contributed by atoms with van der Waals surface area (Å²) in [6.45, 7) is 12.3. The number of nitrogens with zero attached hydrogens (tertiary/aromatic N) is 3. The van der Waals surface area contributed by atoms with Crippen molar-refractivity contribution >= 4 is 23.0 Å². The maximum absolute atomic E-state index is 8.99. The van der Waals surface area contributed by atoms with Crippen LogP contribution in [-0.2, 0) is 6.54 Å². The summed E-state index contributed by atoms with van der Waals surface area (Å²) in [6, 6.07) is 24.6. The second-order valence-electron chi connectivity index (χ2n) is 8.34. The van der Waals surface area contributed by atoms with Gasteiger partial charge in [-0.3, -0.25) is 4.90 Å². The minimum absolute atomic E-state index is 0.000469. The fourth-order valence-electron chi connectivity index (χ4n) is 4.31. The fourth-order valence-corrected chi connectivity index (χ4v) is 4.44. The first-order valence-electron chi connectivity index (χ1n) is 11.1. The Labute approximate surface area is 200 Å². The Morgan fingerprint density at radius 2 is 1.70 bits per heavy atom. The standard InChI is InChI=1S/C27H28ClN3O2/c1-20-17-31(25-11-13-26(14-12-25)33-16-15-32)27(22-5-7-23(28)8-6-22)19-30(20)18-21-3-9-24(29-2)10-4-21/h3-14,20,27,32H,15-19H2,1H3/t20-,27+/m1/s1. The summed E-state index contributed by atoms with van der Waals surface area (Å²) < 4.78 is 5.53. The summed E-state index contributed by atoms with van der Waals surface area (Å²) in [5.74, 6) is 0.755. The summed E-state index contributed by atoms with van der Waals surface area (Å²) in [7, 11) is 0. The number of benzene rings is 3. The second-order valence-corrected chi connectivity index (χ2v) is 8.78. The third-order valence-electron chi connectivity index (χ3n) is 6.10. The van der Waals surface area contributed by atoms with E-state index < -0.39 is 0 Å². The summed E-state index contributed by atoms with van der Waals surface area (Å²) in [5, 5.41) is 9.72. The first kappa shape index (κ1) is 23.1. The Morgan fingerprint density at radius 1 is 1.00 bits per heavy atom. The minimum Gasteiger partial charge on any atom is -0.491 e. The van der Waals surface area contributed by atoms with E-state index in [4.69, 9.17) is 28.0 Å². The van der Waals surface area contributed by atoms with E-state index in [9.17, 15) is 0 Å². The van der Waals surface area contributed by atoms with E-state index in [2.05, 4.69) is 58.0 Å². The van der Waals surface area contributed by atoms with Gasteiger partial charge in [-0.2, -0.15) is 0 Å². The number of halogens is 1. The van der Waals surface area contributed by atoms with Gasteiger partial charge in [0.2, 0.25) is 0 Å². The number of hydrogen-bond acceptors (Lipinski definition) is 4. The average Bonchev–Trinajstić information content (AvgIpc) is 2.85. The van der Waals surface area contributed by atoms with Gasteiger partial charge in [-0.05, 0) is 54.4 Å². The van der Waals surface area contributed by atoms with E-state index in [-0.39, 0.29) is 12.6 Å². The quantitative estimate of drug-likeness (QED) is 0.457. The van der Waals surface area contributed by atoms with Gasteiger partial charge in [-0.1, -0.05) is 48.0 Å². The van der Waals surface area contributed by atoms with Crippen molar-refractivity contribution in [2.45, 2.75) is 25.6 Å². The van der Waals surface area contributed by atoms with Gasteiger partial charge in [0.05, 0.1) is 19.2 Å². The molecule has 4 rings (SSSR count). The third-order valence-corrected chi connectivity index (χ3v) is 6.35. The average molecular weight is 462 g/mol. The smallest absolute Gasteiger partial charge is 0.187 e. The second kappa shape index (κ2) is 10.7. The Hall–Kier alpha value is -3.04. The summed E-state index contributed by atoms with van der Waals surface area (Å²) in [4.78, 5) is 8.44. The molecule has 1 heterocycles. The number of piperazine rings is 1. The molecule has 1 aliphatic rings. The van der Waals surface area contributed by atoms with Crippen LogP contribution in [0.2, 0.25) is 5.02 Å². The lowest BCUT2D eigenvalue weighted by molar-refractivity contribution is 0.153. The largest absolute Gasteiger partial charge is 0.491 e. The van der Waals surface area contributed by atoms with E-state index in [0.29, 0.717) is 18.3 Å². The zero-order valence-corrected chi connectivity index (χ0v) is 19.4. The van der Waals surface area contributed by atoms with E-state index >= 15 is 0 Å². The first-order chi connectivity index (χ1) is 16.1. The van der Waals surface area contributed by atoms with Gasteiger partial charge < -0.3 is 14.7 Å². The molecule has 6 heteroatoms. The lowest BCUT2D eigenvalue weighted by Crippen LogP contribution is -2.53. The lowest BCUT2D eigenvalue weighted by atomic mass is 9.98. The van der Waals surface area contributed by atoms with Gasteiger partial charge >= 0.3 is 0 Å². The van der Waals surface area contributed by atoms with Gasteiger partial charge in [0.25, 0.3) is 0 Å². The number of rotatable bonds is 7. The molecule has 0 unspecified atom stereocenters. The molecule has 0 radical (unpaired) electrons. The van der Waals surface area contributed by atoms with Crippen molar-refractivity contribution in [3.05, 3.63) is 100 Å². The number of aliphatic hydroxyl groups is 1. The zero-order chi connectivity index (χ0) is 23.2. The summed E-state index contributed by atoms with van der Waals surface area (Å²) in [6.07, 6.45) is 0. The van der Waals surface area contributed by atoms with Crippen molar-refractivity contribution in [2.24, 2.45) is 0 Å². The lowest BCUT2D eigenvalue weighted by Gasteiger charge is -2.47. The van der Waals surface area contributed by atoms with Crippen molar-refractivity contribution in [1.29, 1.82) is 0 Å². The van der Waals surface area contributed by atoms with Crippen molar-refractivity contribution < 1.29 is 9.84 Å². The van der Waals surface area contributed by atoms with Crippen LogP contribution in [0.25, 0.3) is 4.85 Å². The molecule has 2 atom stereocenters. The molecule has 1 fully saturated rings. The van der Waals surface area contributed by atoms with Gasteiger partial charge in [-0.25, -0.2) is 4.85 Å². The molecule has 0 bridgehead atoms. The normalized spacial score (nSPS) is 18.7. The Kier molecular flexibility index (Phi) is 7.51. The molecule has 0 aliphatic carbocycles. The molecule has 1 aliphatic heterocycles. The fraction of sp³-hybridized carbons (Fsp3) is 0.296. The van der Waals surface area contributed by atoms with E-state index in [0.717, 1.165) is 36.1 Å². The van der Waals surface area contributed by atoms with Crippen LogP contribution in [0.15, 0.2) is 72.8 Å². The molecule has 3 aromatic carbocycles. The van der Waals surface area contributed by atoms with Gasteiger partial charge in [0, 0.05) is 36.4 Å². The van der Waals surface area contributed by atoms with Crippen molar-refractivity contribution in [3.63, 3.8) is 0 Å². The predicted octanol–water partition coefficient (Wildman–Crippen LogP) is 5.71. The molecule has 3 aromatic rings.